The van der Waals surface area contributed by atoms with Gasteiger partial charge in [0, 0.05) is 23.4 Å². The average Bonchev–Trinajstić information content (AvgIpc) is 2.41. The molecule has 0 saturated carbocycles. The summed E-state index contributed by atoms with van der Waals surface area (Å²) in [6.07, 6.45) is 0. The van der Waals surface area contributed by atoms with Gasteiger partial charge in [0.1, 0.15) is 10.7 Å². The van der Waals surface area contributed by atoms with E-state index < -0.39 is 4.92 Å². The molecule has 2 rings (SSSR count). The quantitative estimate of drug-likeness (QED) is 0.514. The Kier molecular flexibility index (Phi) is 3.40. The van der Waals surface area contributed by atoms with Crippen molar-refractivity contribution in [2.75, 3.05) is 0 Å². The first-order valence-electron chi connectivity index (χ1n) is 5.42. The highest BCUT2D eigenvalue weighted by Gasteiger charge is 2.10. The van der Waals surface area contributed by atoms with Gasteiger partial charge in [-0.2, -0.15) is 5.26 Å². The molecule has 0 fully saturated rings. The van der Waals surface area contributed by atoms with Gasteiger partial charge in [-0.25, -0.2) is 0 Å². The number of hydrogen-bond acceptors (Lipinski definition) is 4. The predicted octanol–water partition coefficient (Wildman–Crippen LogP) is 3.50. The van der Waals surface area contributed by atoms with Crippen LogP contribution in [-0.4, -0.2) is 9.91 Å². The van der Waals surface area contributed by atoms with Crippen molar-refractivity contribution < 1.29 is 4.92 Å². The van der Waals surface area contributed by atoms with Crippen LogP contribution < -0.4 is 0 Å². The summed E-state index contributed by atoms with van der Waals surface area (Å²) in [5.74, 6) is 0. The number of H-pyrrole nitrogens is 1. The molecule has 1 heterocycles. The molecule has 0 aliphatic heterocycles. The number of aryl methyl sites for hydroxylation is 1. The standard InChI is InChI=1S/C13H9N3O2S/c1-8-5-10(7-14)13(19)15-12(8)9-3-2-4-11(6-9)16(17)18/h2-6H,1H3,(H,15,19). The second-order valence-electron chi connectivity index (χ2n) is 3.99. The maximum Gasteiger partial charge on any atom is 0.270 e. The van der Waals surface area contributed by atoms with E-state index in [-0.39, 0.29) is 5.69 Å². The number of hydrogen-bond donors (Lipinski definition) is 1. The molecule has 2 aromatic rings. The number of nitrogens with zero attached hydrogens (tertiary/aromatic N) is 2. The van der Waals surface area contributed by atoms with E-state index in [4.69, 9.17) is 17.5 Å². The molecule has 19 heavy (non-hydrogen) atoms. The number of nitriles is 1. The second-order valence-corrected chi connectivity index (χ2v) is 4.40. The summed E-state index contributed by atoms with van der Waals surface area (Å²) < 4.78 is 0.328. The highest BCUT2D eigenvalue weighted by Crippen LogP contribution is 2.25. The lowest BCUT2D eigenvalue weighted by atomic mass is 10.0. The third kappa shape index (κ3) is 2.51. The molecule has 0 aliphatic rings. The minimum absolute atomic E-state index is 0.0144. The van der Waals surface area contributed by atoms with Gasteiger partial charge in [0.2, 0.25) is 0 Å². The van der Waals surface area contributed by atoms with Gasteiger partial charge in [-0.1, -0.05) is 24.4 Å². The Hall–Kier alpha value is -2.52. The Balaban J connectivity index is 2.63. The monoisotopic (exact) mass is 271 g/mol. The molecule has 0 bridgehead atoms. The highest BCUT2D eigenvalue weighted by molar-refractivity contribution is 7.71. The van der Waals surface area contributed by atoms with Crippen molar-refractivity contribution in [1.29, 1.82) is 5.26 Å². The lowest BCUT2D eigenvalue weighted by molar-refractivity contribution is -0.384. The largest absolute Gasteiger partial charge is 0.345 e. The van der Waals surface area contributed by atoms with Crippen LogP contribution in [0.2, 0.25) is 0 Å². The molecular weight excluding hydrogens is 262 g/mol. The van der Waals surface area contributed by atoms with E-state index in [2.05, 4.69) is 4.98 Å². The van der Waals surface area contributed by atoms with Crippen LogP contribution in [0.3, 0.4) is 0 Å². The molecule has 1 N–H and O–H groups in total. The van der Waals surface area contributed by atoms with Crippen LogP contribution in [0.4, 0.5) is 5.69 Å². The van der Waals surface area contributed by atoms with E-state index >= 15 is 0 Å². The lowest BCUT2D eigenvalue weighted by Gasteiger charge is -2.07. The fraction of sp³-hybridized carbons (Fsp3) is 0.0769. The molecule has 0 atom stereocenters. The minimum Gasteiger partial charge on any atom is -0.345 e. The molecule has 0 spiro atoms. The van der Waals surface area contributed by atoms with Crippen LogP contribution in [0.1, 0.15) is 11.1 Å². The molecule has 6 heteroatoms. The number of aromatic nitrogens is 1. The first-order chi connectivity index (χ1) is 9.02. The zero-order valence-corrected chi connectivity index (χ0v) is 10.8. The van der Waals surface area contributed by atoms with E-state index in [0.717, 1.165) is 5.56 Å². The lowest BCUT2D eigenvalue weighted by Crippen LogP contribution is -1.94. The summed E-state index contributed by atoms with van der Waals surface area (Å²) in [6, 6.07) is 9.94. The van der Waals surface area contributed by atoms with Gasteiger partial charge in [-0.05, 0) is 18.6 Å². The number of non-ortho nitro benzene ring substituents is 1. The molecule has 0 unspecified atom stereocenters. The minimum atomic E-state index is -0.447. The number of nitro benzene ring substituents is 1. The number of nitro groups is 1. The summed E-state index contributed by atoms with van der Waals surface area (Å²) in [4.78, 5) is 13.3. The zero-order chi connectivity index (χ0) is 14.0. The summed E-state index contributed by atoms with van der Waals surface area (Å²) >= 11 is 5.07. The van der Waals surface area contributed by atoms with Gasteiger partial charge in [0.25, 0.3) is 5.69 Å². The maximum atomic E-state index is 10.8. The Morgan fingerprint density at radius 3 is 2.79 bits per heavy atom. The summed E-state index contributed by atoms with van der Waals surface area (Å²) in [5, 5.41) is 19.7. The van der Waals surface area contributed by atoms with Gasteiger partial charge in [0.05, 0.1) is 10.5 Å². The van der Waals surface area contributed by atoms with Gasteiger partial charge in [-0.3, -0.25) is 10.1 Å². The molecule has 1 aromatic heterocycles. The van der Waals surface area contributed by atoms with Crippen LogP contribution in [0.15, 0.2) is 30.3 Å². The molecule has 1 aromatic carbocycles. The van der Waals surface area contributed by atoms with Crippen LogP contribution in [0, 0.1) is 33.0 Å². The van der Waals surface area contributed by atoms with Crippen LogP contribution in [0.25, 0.3) is 11.3 Å². The van der Waals surface area contributed by atoms with E-state index in [9.17, 15) is 10.1 Å². The Labute approximate surface area is 114 Å². The van der Waals surface area contributed by atoms with Crippen molar-refractivity contribution in [3.63, 3.8) is 0 Å². The van der Waals surface area contributed by atoms with Crippen molar-refractivity contribution in [2.45, 2.75) is 6.92 Å². The third-order valence-corrected chi connectivity index (χ3v) is 3.03. The number of pyridine rings is 1. The van der Waals surface area contributed by atoms with Crippen molar-refractivity contribution in [2.24, 2.45) is 0 Å². The maximum absolute atomic E-state index is 10.8. The Morgan fingerprint density at radius 1 is 1.42 bits per heavy atom. The zero-order valence-electron chi connectivity index (χ0n) is 10.0. The van der Waals surface area contributed by atoms with E-state index in [0.29, 0.717) is 21.5 Å². The number of rotatable bonds is 2. The topological polar surface area (TPSA) is 82.7 Å². The third-order valence-electron chi connectivity index (χ3n) is 2.70. The van der Waals surface area contributed by atoms with Gasteiger partial charge < -0.3 is 4.98 Å². The van der Waals surface area contributed by atoms with Crippen LogP contribution in [0.5, 0.6) is 0 Å². The molecular formula is C13H9N3O2S. The number of aromatic amines is 1. The van der Waals surface area contributed by atoms with Crippen molar-refractivity contribution in [1.82, 2.24) is 4.98 Å². The molecule has 0 amide bonds. The smallest absolute Gasteiger partial charge is 0.270 e. The number of nitrogens with one attached hydrogen (secondary N) is 1. The van der Waals surface area contributed by atoms with Gasteiger partial charge in [-0.15, -0.1) is 0 Å². The summed E-state index contributed by atoms with van der Waals surface area (Å²) in [7, 11) is 0. The second kappa shape index (κ2) is 5.00. The van der Waals surface area contributed by atoms with Crippen LogP contribution >= 0.6 is 12.2 Å². The Morgan fingerprint density at radius 2 is 2.16 bits per heavy atom. The summed E-state index contributed by atoms with van der Waals surface area (Å²) in [6.45, 7) is 1.82. The van der Waals surface area contributed by atoms with Gasteiger partial charge in [0.15, 0.2) is 0 Å². The van der Waals surface area contributed by atoms with Crippen molar-refractivity contribution in [3.8, 4) is 17.3 Å². The van der Waals surface area contributed by atoms with Crippen LogP contribution in [-0.2, 0) is 0 Å². The fourth-order valence-electron chi connectivity index (χ4n) is 1.79. The van der Waals surface area contributed by atoms with E-state index in [1.807, 2.05) is 13.0 Å². The normalized spacial score (nSPS) is 9.89. The average molecular weight is 271 g/mol. The molecule has 5 nitrogen and oxygen atoms in total. The first-order valence-corrected chi connectivity index (χ1v) is 5.82. The molecule has 0 saturated heterocycles. The molecule has 0 aliphatic carbocycles. The predicted molar refractivity (Wildman–Crippen MR) is 73.2 cm³/mol. The van der Waals surface area contributed by atoms with E-state index in [1.165, 1.54) is 12.1 Å². The summed E-state index contributed by atoms with van der Waals surface area (Å²) in [5.41, 5.74) is 2.57. The number of benzene rings is 1. The highest BCUT2D eigenvalue weighted by atomic mass is 32.1. The van der Waals surface area contributed by atoms with Crippen molar-refractivity contribution in [3.05, 3.63) is 56.2 Å². The molecule has 94 valence electrons. The Bertz CT molecular complexity index is 759. The van der Waals surface area contributed by atoms with Gasteiger partial charge >= 0.3 is 0 Å². The SMILES string of the molecule is Cc1cc(C#N)c(=S)[nH]c1-c1cccc([N+](=O)[O-])c1. The fourth-order valence-corrected chi connectivity index (χ4v) is 2.00. The molecule has 0 radical (unpaired) electrons. The van der Waals surface area contributed by atoms with E-state index in [1.54, 1.807) is 18.2 Å². The van der Waals surface area contributed by atoms with Crippen molar-refractivity contribution >= 4 is 17.9 Å². The first kappa shape index (κ1) is 12.9.